The van der Waals surface area contributed by atoms with Crippen LogP contribution in [0.2, 0.25) is 0 Å². The van der Waals surface area contributed by atoms with Gasteiger partial charge in [-0.25, -0.2) is 4.79 Å². The van der Waals surface area contributed by atoms with Crippen molar-refractivity contribution in [3.8, 4) is 0 Å². The summed E-state index contributed by atoms with van der Waals surface area (Å²) in [7, 11) is 0. The second-order valence-electron chi connectivity index (χ2n) is 6.12. The lowest BCUT2D eigenvalue weighted by Gasteiger charge is -2.43. The molecular formula is C17H21NO5S. The van der Waals surface area contributed by atoms with Crippen LogP contribution in [0.1, 0.15) is 36.5 Å². The van der Waals surface area contributed by atoms with Crippen LogP contribution < -0.4 is 5.32 Å². The van der Waals surface area contributed by atoms with Gasteiger partial charge in [-0.2, -0.15) is 0 Å². The fraction of sp³-hybridized carbons (Fsp3) is 0.529. The van der Waals surface area contributed by atoms with Crippen molar-refractivity contribution in [2.75, 3.05) is 5.75 Å². The molecule has 3 unspecified atom stereocenters. The van der Waals surface area contributed by atoms with Gasteiger partial charge in [0.15, 0.2) is 5.79 Å². The smallest absolute Gasteiger partial charge is 0.338 e. The number of aliphatic hydroxyl groups is 1. The molecule has 6 nitrogen and oxygen atoms in total. The molecule has 1 amide bonds. The maximum absolute atomic E-state index is 12.3. The summed E-state index contributed by atoms with van der Waals surface area (Å²) in [5.41, 5.74) is 0.477. The van der Waals surface area contributed by atoms with Gasteiger partial charge in [0.05, 0.1) is 17.7 Å². The molecule has 0 spiro atoms. The van der Waals surface area contributed by atoms with Gasteiger partial charge >= 0.3 is 5.97 Å². The molecule has 2 N–H and O–H groups in total. The van der Waals surface area contributed by atoms with E-state index >= 15 is 0 Å². The molecule has 3 rings (SSSR count). The zero-order chi connectivity index (χ0) is 17.2. The average molecular weight is 351 g/mol. The third kappa shape index (κ3) is 3.74. The van der Waals surface area contributed by atoms with Gasteiger partial charge < -0.3 is 19.9 Å². The van der Waals surface area contributed by atoms with Crippen LogP contribution in [0.25, 0.3) is 0 Å². The van der Waals surface area contributed by atoms with Gasteiger partial charge in [0.1, 0.15) is 6.10 Å². The number of carbonyl (C=O) groups is 2. The monoisotopic (exact) mass is 351 g/mol. The average Bonchev–Trinajstić information content (AvgIpc) is 3.02. The Kier molecular flexibility index (Phi) is 5.12. The number of ether oxygens (including phenoxy) is 2. The minimum Gasteiger partial charge on any atom is -0.458 e. The van der Waals surface area contributed by atoms with Gasteiger partial charge in [0.2, 0.25) is 0 Å². The first kappa shape index (κ1) is 17.3. The number of carbonyl (C=O) groups excluding carboxylic acids is 2. The maximum atomic E-state index is 12.3. The Morgan fingerprint density at radius 1 is 1.46 bits per heavy atom. The predicted octanol–water partition coefficient (Wildman–Crippen LogP) is 2.31. The van der Waals surface area contributed by atoms with Crippen LogP contribution in [0.3, 0.4) is 0 Å². The van der Waals surface area contributed by atoms with E-state index in [1.165, 1.54) is 0 Å². The predicted molar refractivity (Wildman–Crippen MR) is 89.8 cm³/mol. The van der Waals surface area contributed by atoms with Gasteiger partial charge in [-0.15, -0.1) is 0 Å². The van der Waals surface area contributed by atoms with Crippen LogP contribution in [0.5, 0.6) is 0 Å². The highest BCUT2D eigenvalue weighted by Gasteiger charge is 2.49. The number of hydrogen-bond donors (Lipinski definition) is 2. The summed E-state index contributed by atoms with van der Waals surface area (Å²) in [6.07, 6.45) is 0.692. The molecule has 0 aromatic heterocycles. The first-order chi connectivity index (χ1) is 11.5. The van der Waals surface area contributed by atoms with Crippen molar-refractivity contribution in [1.29, 1.82) is 0 Å². The Labute approximate surface area is 144 Å². The first-order valence-electron chi connectivity index (χ1n) is 8.09. The topological polar surface area (TPSA) is 84.9 Å². The standard InChI is InChI=1S/C17H21NO5S/c1-2-12-8-13(22-15(19)11-6-4-3-5-7-11)9-17(21,23-12)14-10-24-16(20)18-14/h3-7,12-14,21H,2,8-10H2,1H3,(H,18,20)/t12-,13?,14?,17?/m1/s1. The Bertz CT molecular complexity index is 610. The van der Waals surface area contributed by atoms with Crippen molar-refractivity contribution >= 4 is 23.0 Å². The highest BCUT2D eigenvalue weighted by Crippen LogP contribution is 2.36. The molecule has 24 heavy (non-hydrogen) atoms. The molecule has 2 saturated heterocycles. The van der Waals surface area contributed by atoms with E-state index in [4.69, 9.17) is 9.47 Å². The molecular weight excluding hydrogens is 330 g/mol. The lowest BCUT2D eigenvalue weighted by Crippen LogP contribution is -2.58. The molecule has 130 valence electrons. The molecule has 2 aliphatic rings. The summed E-state index contributed by atoms with van der Waals surface area (Å²) in [4.78, 5) is 23.7. The highest BCUT2D eigenvalue weighted by molar-refractivity contribution is 8.14. The minimum atomic E-state index is -1.51. The van der Waals surface area contributed by atoms with E-state index in [-0.39, 0.29) is 17.8 Å². The van der Waals surface area contributed by atoms with E-state index in [2.05, 4.69) is 5.32 Å². The van der Waals surface area contributed by atoms with Crippen molar-refractivity contribution in [1.82, 2.24) is 5.32 Å². The second-order valence-corrected chi connectivity index (χ2v) is 7.11. The number of rotatable bonds is 4. The van der Waals surface area contributed by atoms with Gasteiger partial charge in [0, 0.05) is 18.6 Å². The van der Waals surface area contributed by atoms with Crippen LogP contribution in [0, 0.1) is 0 Å². The molecule has 2 aliphatic heterocycles. The normalized spacial score (nSPS) is 33.1. The third-order valence-corrected chi connectivity index (χ3v) is 5.25. The molecule has 4 atom stereocenters. The largest absolute Gasteiger partial charge is 0.458 e. The summed E-state index contributed by atoms with van der Waals surface area (Å²) in [5, 5.41) is 13.5. The minimum absolute atomic E-state index is 0.146. The number of benzene rings is 1. The molecule has 1 aromatic rings. The molecule has 7 heteroatoms. The van der Waals surface area contributed by atoms with Crippen LogP contribution in [-0.2, 0) is 9.47 Å². The fourth-order valence-corrected chi connectivity index (χ4v) is 3.96. The van der Waals surface area contributed by atoms with Crippen molar-refractivity contribution in [3.05, 3.63) is 35.9 Å². The van der Waals surface area contributed by atoms with Crippen LogP contribution in [-0.4, -0.2) is 46.1 Å². The summed E-state index contributed by atoms with van der Waals surface area (Å²) in [5.74, 6) is -1.49. The maximum Gasteiger partial charge on any atom is 0.338 e. The number of hydrogen-bond acceptors (Lipinski definition) is 6. The number of thioether (sulfide) groups is 1. The van der Waals surface area contributed by atoms with Crippen LogP contribution >= 0.6 is 11.8 Å². The van der Waals surface area contributed by atoms with Gasteiger partial charge in [-0.3, -0.25) is 4.79 Å². The number of esters is 1. The van der Waals surface area contributed by atoms with Crippen molar-refractivity contribution in [2.24, 2.45) is 0 Å². The molecule has 0 aliphatic carbocycles. The van der Waals surface area contributed by atoms with Crippen molar-refractivity contribution < 1.29 is 24.2 Å². The molecule has 0 bridgehead atoms. The third-order valence-electron chi connectivity index (χ3n) is 4.37. The Morgan fingerprint density at radius 2 is 2.21 bits per heavy atom. The zero-order valence-electron chi connectivity index (χ0n) is 13.4. The van der Waals surface area contributed by atoms with Crippen LogP contribution in [0.4, 0.5) is 4.79 Å². The number of nitrogens with one attached hydrogen (secondary N) is 1. The van der Waals surface area contributed by atoms with E-state index in [0.29, 0.717) is 24.2 Å². The quantitative estimate of drug-likeness (QED) is 0.810. The second kappa shape index (κ2) is 7.13. The van der Waals surface area contributed by atoms with Crippen molar-refractivity contribution in [3.63, 3.8) is 0 Å². The molecule has 1 aromatic carbocycles. The SMILES string of the molecule is CC[C@@H]1CC(OC(=O)c2ccccc2)CC(O)(C2CSC(=O)N2)O1. The molecule has 0 saturated carbocycles. The van der Waals surface area contributed by atoms with Crippen molar-refractivity contribution in [2.45, 2.75) is 50.2 Å². The molecule has 2 fully saturated rings. The van der Waals surface area contributed by atoms with E-state index < -0.39 is 23.9 Å². The van der Waals surface area contributed by atoms with E-state index in [0.717, 1.165) is 11.8 Å². The first-order valence-corrected chi connectivity index (χ1v) is 9.08. The Balaban J connectivity index is 1.71. The van der Waals surface area contributed by atoms with E-state index in [9.17, 15) is 14.7 Å². The van der Waals surface area contributed by atoms with Crippen LogP contribution in [0.15, 0.2) is 30.3 Å². The lowest BCUT2D eigenvalue weighted by molar-refractivity contribution is -0.281. The lowest BCUT2D eigenvalue weighted by atomic mass is 9.92. The van der Waals surface area contributed by atoms with E-state index in [1.807, 2.05) is 13.0 Å². The summed E-state index contributed by atoms with van der Waals surface area (Å²) >= 11 is 1.12. The van der Waals surface area contributed by atoms with Gasteiger partial charge in [-0.05, 0) is 18.6 Å². The molecule has 0 radical (unpaired) electrons. The highest BCUT2D eigenvalue weighted by atomic mass is 32.2. The Hall–Kier alpha value is -1.57. The fourth-order valence-electron chi connectivity index (χ4n) is 3.07. The molecule has 2 heterocycles. The Morgan fingerprint density at radius 3 is 2.83 bits per heavy atom. The number of amides is 1. The van der Waals surface area contributed by atoms with Gasteiger partial charge in [0.25, 0.3) is 5.24 Å². The summed E-state index contributed by atoms with van der Waals surface area (Å²) in [6.45, 7) is 1.95. The van der Waals surface area contributed by atoms with Gasteiger partial charge in [-0.1, -0.05) is 36.9 Å². The zero-order valence-corrected chi connectivity index (χ0v) is 14.3. The van der Waals surface area contributed by atoms with E-state index in [1.54, 1.807) is 24.3 Å². The summed E-state index contributed by atoms with van der Waals surface area (Å²) < 4.78 is 11.4. The summed E-state index contributed by atoms with van der Waals surface area (Å²) in [6, 6.07) is 8.27.